The molecule has 1 aromatic rings. The van der Waals surface area contributed by atoms with Gasteiger partial charge in [-0.25, -0.2) is 0 Å². The van der Waals surface area contributed by atoms with Crippen LogP contribution in [0.1, 0.15) is 18.4 Å². The Morgan fingerprint density at radius 3 is 2.47 bits per heavy atom. The molecule has 1 saturated carbocycles. The minimum Gasteiger partial charge on any atom is -0.319 e. The molecule has 94 valence electrons. The van der Waals surface area contributed by atoms with Crippen molar-refractivity contribution in [2.75, 3.05) is 26.7 Å². The molecule has 1 aliphatic carbocycles. The van der Waals surface area contributed by atoms with Crippen molar-refractivity contribution in [2.45, 2.75) is 19.3 Å². The molecule has 2 nitrogen and oxygen atoms in total. The molecule has 0 bridgehead atoms. The highest BCUT2D eigenvalue weighted by Gasteiger charge is 2.41. The molecule has 0 spiro atoms. The Morgan fingerprint density at radius 1 is 1.18 bits per heavy atom. The molecular formula is C14H21ClN2. The molecule has 1 fully saturated rings. The Morgan fingerprint density at radius 2 is 1.88 bits per heavy atom. The fourth-order valence-electron chi connectivity index (χ4n) is 2.21. The van der Waals surface area contributed by atoms with Crippen LogP contribution in [0.2, 0.25) is 5.02 Å². The van der Waals surface area contributed by atoms with Crippen LogP contribution in [0.25, 0.3) is 0 Å². The first-order valence-electron chi connectivity index (χ1n) is 6.34. The molecule has 0 aromatic heterocycles. The fourth-order valence-corrected chi connectivity index (χ4v) is 2.33. The second kappa shape index (κ2) is 5.85. The van der Waals surface area contributed by atoms with E-state index in [4.69, 9.17) is 11.6 Å². The summed E-state index contributed by atoms with van der Waals surface area (Å²) in [5.41, 5.74) is 1.90. The van der Waals surface area contributed by atoms with Gasteiger partial charge < -0.3 is 10.6 Å². The van der Waals surface area contributed by atoms with Crippen LogP contribution >= 0.6 is 11.6 Å². The van der Waals surface area contributed by atoms with Crippen LogP contribution in [0.3, 0.4) is 0 Å². The molecule has 17 heavy (non-hydrogen) atoms. The first-order valence-corrected chi connectivity index (χ1v) is 6.72. The number of hydrogen-bond acceptors (Lipinski definition) is 2. The van der Waals surface area contributed by atoms with Crippen molar-refractivity contribution in [1.82, 2.24) is 10.6 Å². The van der Waals surface area contributed by atoms with Crippen molar-refractivity contribution in [3.8, 4) is 0 Å². The summed E-state index contributed by atoms with van der Waals surface area (Å²) >= 11 is 5.85. The number of benzene rings is 1. The van der Waals surface area contributed by atoms with Gasteiger partial charge in [0, 0.05) is 18.1 Å². The molecule has 3 heteroatoms. The van der Waals surface area contributed by atoms with E-state index in [2.05, 4.69) is 22.8 Å². The zero-order chi connectivity index (χ0) is 12.1. The standard InChI is InChI=1S/C14H21ClN2/c1-16-10-14(7-8-14)11-17-9-6-12-2-4-13(15)5-3-12/h2-5,16-17H,6-11H2,1H3. The van der Waals surface area contributed by atoms with Gasteiger partial charge in [0.15, 0.2) is 0 Å². The van der Waals surface area contributed by atoms with E-state index in [0.717, 1.165) is 31.1 Å². The van der Waals surface area contributed by atoms with Gasteiger partial charge in [0.2, 0.25) is 0 Å². The third-order valence-corrected chi connectivity index (χ3v) is 3.76. The average molecular weight is 253 g/mol. The van der Waals surface area contributed by atoms with Crippen molar-refractivity contribution in [2.24, 2.45) is 5.41 Å². The van der Waals surface area contributed by atoms with Crippen LogP contribution in [0, 0.1) is 5.41 Å². The number of nitrogens with one attached hydrogen (secondary N) is 2. The fraction of sp³-hybridized carbons (Fsp3) is 0.571. The second-order valence-corrected chi connectivity index (χ2v) is 5.52. The van der Waals surface area contributed by atoms with Crippen LogP contribution < -0.4 is 10.6 Å². The van der Waals surface area contributed by atoms with Gasteiger partial charge >= 0.3 is 0 Å². The van der Waals surface area contributed by atoms with Gasteiger partial charge in [-0.05, 0) is 56.0 Å². The van der Waals surface area contributed by atoms with Gasteiger partial charge in [-0.3, -0.25) is 0 Å². The van der Waals surface area contributed by atoms with Gasteiger partial charge in [-0.2, -0.15) is 0 Å². The molecule has 0 heterocycles. The normalized spacial score (nSPS) is 17.1. The Labute approximate surface area is 109 Å². The summed E-state index contributed by atoms with van der Waals surface area (Å²) in [5, 5.41) is 7.66. The van der Waals surface area contributed by atoms with Crippen molar-refractivity contribution in [1.29, 1.82) is 0 Å². The largest absolute Gasteiger partial charge is 0.319 e. The topological polar surface area (TPSA) is 24.1 Å². The van der Waals surface area contributed by atoms with E-state index in [1.54, 1.807) is 0 Å². The summed E-state index contributed by atoms with van der Waals surface area (Å²) < 4.78 is 0. The van der Waals surface area contributed by atoms with Gasteiger partial charge in [0.05, 0.1) is 0 Å². The van der Waals surface area contributed by atoms with Gasteiger partial charge in [-0.15, -0.1) is 0 Å². The van der Waals surface area contributed by atoms with Crippen molar-refractivity contribution in [3.63, 3.8) is 0 Å². The molecule has 2 N–H and O–H groups in total. The summed E-state index contributed by atoms with van der Waals surface area (Å²) in [7, 11) is 2.04. The monoisotopic (exact) mass is 252 g/mol. The van der Waals surface area contributed by atoms with E-state index >= 15 is 0 Å². The quantitative estimate of drug-likeness (QED) is 0.729. The van der Waals surface area contributed by atoms with Crippen LogP contribution in [0.4, 0.5) is 0 Å². The lowest BCUT2D eigenvalue weighted by Gasteiger charge is -2.15. The van der Waals surface area contributed by atoms with E-state index in [1.165, 1.54) is 18.4 Å². The third-order valence-electron chi connectivity index (χ3n) is 3.51. The van der Waals surface area contributed by atoms with E-state index in [-0.39, 0.29) is 0 Å². The van der Waals surface area contributed by atoms with E-state index in [9.17, 15) is 0 Å². The van der Waals surface area contributed by atoms with Crippen LogP contribution in [0.15, 0.2) is 24.3 Å². The Hall–Kier alpha value is -0.570. The molecule has 1 aliphatic rings. The number of halogens is 1. The average Bonchev–Trinajstić information content (AvgIpc) is 3.08. The molecule has 0 unspecified atom stereocenters. The molecule has 0 saturated heterocycles. The maximum absolute atomic E-state index is 5.85. The zero-order valence-corrected chi connectivity index (χ0v) is 11.2. The highest BCUT2D eigenvalue weighted by Crippen LogP contribution is 2.44. The van der Waals surface area contributed by atoms with E-state index < -0.39 is 0 Å². The highest BCUT2D eigenvalue weighted by molar-refractivity contribution is 6.30. The molecule has 2 rings (SSSR count). The summed E-state index contributed by atoms with van der Waals surface area (Å²) in [6.07, 6.45) is 3.80. The maximum atomic E-state index is 5.85. The summed E-state index contributed by atoms with van der Waals surface area (Å²) in [4.78, 5) is 0. The van der Waals surface area contributed by atoms with Gasteiger partial charge in [0.25, 0.3) is 0 Å². The first kappa shape index (κ1) is 12.9. The van der Waals surface area contributed by atoms with Crippen molar-refractivity contribution in [3.05, 3.63) is 34.9 Å². The Kier molecular flexibility index (Phi) is 4.43. The minimum absolute atomic E-state index is 0.550. The second-order valence-electron chi connectivity index (χ2n) is 5.08. The van der Waals surface area contributed by atoms with Crippen molar-refractivity contribution < 1.29 is 0 Å². The summed E-state index contributed by atoms with van der Waals surface area (Å²) in [5.74, 6) is 0. The lowest BCUT2D eigenvalue weighted by molar-refractivity contribution is 0.441. The lowest BCUT2D eigenvalue weighted by Crippen LogP contribution is -2.32. The van der Waals surface area contributed by atoms with Gasteiger partial charge in [0.1, 0.15) is 0 Å². The first-order chi connectivity index (χ1) is 8.24. The molecule has 1 aromatic carbocycles. The smallest absolute Gasteiger partial charge is 0.0406 e. The number of rotatable bonds is 7. The SMILES string of the molecule is CNCC1(CNCCc2ccc(Cl)cc2)CC1. The van der Waals surface area contributed by atoms with Crippen molar-refractivity contribution >= 4 is 11.6 Å². The Bertz CT molecular complexity index is 344. The lowest BCUT2D eigenvalue weighted by atomic mass is 10.1. The molecule has 0 radical (unpaired) electrons. The summed E-state index contributed by atoms with van der Waals surface area (Å²) in [6, 6.07) is 8.12. The molecule has 0 amide bonds. The molecule has 0 atom stereocenters. The predicted molar refractivity (Wildman–Crippen MR) is 73.6 cm³/mol. The van der Waals surface area contributed by atoms with Crippen LogP contribution in [-0.4, -0.2) is 26.7 Å². The third kappa shape index (κ3) is 3.98. The van der Waals surface area contributed by atoms with E-state index in [0.29, 0.717) is 5.41 Å². The number of hydrogen-bond donors (Lipinski definition) is 2. The van der Waals surface area contributed by atoms with Crippen LogP contribution in [0.5, 0.6) is 0 Å². The molecule has 0 aliphatic heterocycles. The Balaban J connectivity index is 1.65. The highest BCUT2D eigenvalue weighted by atomic mass is 35.5. The summed E-state index contributed by atoms with van der Waals surface area (Å²) in [6.45, 7) is 3.33. The van der Waals surface area contributed by atoms with Gasteiger partial charge in [-0.1, -0.05) is 23.7 Å². The molecular weight excluding hydrogens is 232 g/mol. The predicted octanol–water partition coefficient (Wildman–Crippen LogP) is 2.47. The zero-order valence-electron chi connectivity index (χ0n) is 10.4. The van der Waals surface area contributed by atoms with Crippen LogP contribution in [-0.2, 0) is 6.42 Å². The minimum atomic E-state index is 0.550. The van der Waals surface area contributed by atoms with E-state index in [1.807, 2.05) is 19.2 Å². The maximum Gasteiger partial charge on any atom is 0.0406 e.